The number of nitrogens with zero attached hydrogens (tertiary/aromatic N) is 5. The van der Waals surface area contributed by atoms with E-state index in [4.69, 9.17) is 9.47 Å². The van der Waals surface area contributed by atoms with Crippen molar-refractivity contribution < 1.29 is 14.6 Å². The molecule has 1 aliphatic rings. The summed E-state index contributed by atoms with van der Waals surface area (Å²) in [6.45, 7) is 1.76. The van der Waals surface area contributed by atoms with Gasteiger partial charge in [-0.2, -0.15) is 10.1 Å². The SMILES string of the molecule is COc1ncc(-c2cc(N3CCCC3)c(CO)nn2)c(OC)n1. The molecule has 0 aliphatic carbocycles. The molecule has 2 aromatic rings. The second kappa shape index (κ2) is 6.74. The first kappa shape index (κ1) is 15.4. The van der Waals surface area contributed by atoms with Crippen molar-refractivity contribution in [3.05, 3.63) is 18.0 Å². The van der Waals surface area contributed by atoms with Crippen LogP contribution in [0.15, 0.2) is 12.3 Å². The molecule has 0 aromatic carbocycles. The van der Waals surface area contributed by atoms with Crippen molar-refractivity contribution in [2.45, 2.75) is 19.4 Å². The van der Waals surface area contributed by atoms with E-state index in [0.29, 0.717) is 22.8 Å². The first-order valence-corrected chi connectivity index (χ1v) is 7.44. The molecule has 0 bridgehead atoms. The Morgan fingerprint density at radius 2 is 1.96 bits per heavy atom. The Morgan fingerprint density at radius 3 is 2.61 bits per heavy atom. The van der Waals surface area contributed by atoms with Gasteiger partial charge in [0.05, 0.1) is 32.1 Å². The fraction of sp³-hybridized carbons (Fsp3) is 0.467. The van der Waals surface area contributed by atoms with Crippen LogP contribution in [0.25, 0.3) is 11.3 Å². The summed E-state index contributed by atoms with van der Waals surface area (Å²) in [5.74, 6) is 0.371. The third-order valence-electron chi connectivity index (χ3n) is 3.83. The lowest BCUT2D eigenvalue weighted by Gasteiger charge is -2.20. The van der Waals surface area contributed by atoms with Crippen molar-refractivity contribution in [2.75, 3.05) is 32.2 Å². The van der Waals surface area contributed by atoms with Gasteiger partial charge >= 0.3 is 6.01 Å². The molecule has 3 heterocycles. The van der Waals surface area contributed by atoms with E-state index in [1.54, 1.807) is 6.20 Å². The molecular weight excluding hydrogens is 298 g/mol. The second-order valence-corrected chi connectivity index (χ2v) is 5.19. The third-order valence-corrected chi connectivity index (χ3v) is 3.83. The Balaban J connectivity index is 2.04. The molecule has 0 unspecified atom stereocenters. The fourth-order valence-electron chi connectivity index (χ4n) is 2.66. The van der Waals surface area contributed by atoms with Crippen LogP contribution in [0.5, 0.6) is 11.9 Å². The second-order valence-electron chi connectivity index (χ2n) is 5.19. The van der Waals surface area contributed by atoms with Crippen LogP contribution in [0, 0.1) is 0 Å². The zero-order valence-electron chi connectivity index (χ0n) is 13.2. The van der Waals surface area contributed by atoms with Gasteiger partial charge < -0.3 is 19.5 Å². The van der Waals surface area contributed by atoms with E-state index < -0.39 is 0 Å². The molecule has 0 atom stereocenters. The minimum atomic E-state index is -0.143. The van der Waals surface area contributed by atoms with Gasteiger partial charge in [0.25, 0.3) is 0 Å². The van der Waals surface area contributed by atoms with Crippen LogP contribution in [0.4, 0.5) is 5.69 Å². The number of anilines is 1. The molecule has 1 saturated heterocycles. The average molecular weight is 317 g/mol. The quantitative estimate of drug-likeness (QED) is 0.874. The summed E-state index contributed by atoms with van der Waals surface area (Å²) < 4.78 is 10.3. The number of aromatic nitrogens is 4. The largest absolute Gasteiger partial charge is 0.480 e. The highest BCUT2D eigenvalue weighted by Crippen LogP contribution is 2.31. The zero-order chi connectivity index (χ0) is 16.2. The zero-order valence-corrected chi connectivity index (χ0v) is 13.2. The molecule has 1 N–H and O–H groups in total. The van der Waals surface area contributed by atoms with Gasteiger partial charge in [0.15, 0.2) is 0 Å². The standard InChI is InChI=1S/C15H19N5O3/c1-22-14-10(8-16-15(17-14)23-2)11-7-13(12(9-21)19-18-11)20-5-3-4-6-20/h7-8,21H,3-6,9H2,1-2H3. The van der Waals surface area contributed by atoms with Gasteiger partial charge in [-0.3, -0.25) is 0 Å². The molecule has 122 valence electrons. The number of aliphatic hydroxyl groups excluding tert-OH is 1. The van der Waals surface area contributed by atoms with E-state index in [-0.39, 0.29) is 12.6 Å². The van der Waals surface area contributed by atoms with Gasteiger partial charge in [-0.15, -0.1) is 5.10 Å². The maximum atomic E-state index is 9.51. The monoisotopic (exact) mass is 317 g/mol. The van der Waals surface area contributed by atoms with E-state index in [2.05, 4.69) is 25.1 Å². The highest BCUT2D eigenvalue weighted by molar-refractivity contribution is 5.68. The van der Waals surface area contributed by atoms with Crippen molar-refractivity contribution >= 4 is 5.69 Å². The van der Waals surface area contributed by atoms with Crippen LogP contribution in [-0.4, -0.2) is 52.6 Å². The summed E-state index contributed by atoms with van der Waals surface area (Å²) in [5, 5.41) is 17.8. The first-order valence-electron chi connectivity index (χ1n) is 7.44. The Hall–Kier alpha value is -2.48. The van der Waals surface area contributed by atoms with Gasteiger partial charge in [0.1, 0.15) is 11.4 Å². The number of ether oxygens (including phenoxy) is 2. The Kier molecular flexibility index (Phi) is 4.52. The summed E-state index contributed by atoms with van der Waals surface area (Å²) in [6, 6.07) is 2.13. The number of methoxy groups -OCH3 is 2. The van der Waals surface area contributed by atoms with Gasteiger partial charge in [-0.1, -0.05) is 0 Å². The lowest BCUT2D eigenvalue weighted by molar-refractivity contribution is 0.276. The van der Waals surface area contributed by atoms with Crippen LogP contribution in [0.3, 0.4) is 0 Å². The van der Waals surface area contributed by atoms with Crippen LogP contribution in [0.2, 0.25) is 0 Å². The van der Waals surface area contributed by atoms with E-state index in [1.807, 2.05) is 6.07 Å². The van der Waals surface area contributed by atoms with Crippen LogP contribution >= 0.6 is 0 Å². The Morgan fingerprint density at radius 1 is 1.17 bits per heavy atom. The maximum Gasteiger partial charge on any atom is 0.319 e. The minimum absolute atomic E-state index is 0.143. The van der Waals surface area contributed by atoms with Gasteiger partial charge in [0, 0.05) is 19.3 Å². The topological polar surface area (TPSA) is 93.5 Å². The number of rotatable bonds is 5. The summed E-state index contributed by atoms with van der Waals surface area (Å²) in [7, 11) is 3.03. The molecule has 0 spiro atoms. The highest BCUT2D eigenvalue weighted by atomic mass is 16.5. The molecule has 1 fully saturated rings. The predicted octanol–water partition coefficient (Wildman–Crippen LogP) is 1.04. The van der Waals surface area contributed by atoms with Crippen LogP contribution in [0.1, 0.15) is 18.5 Å². The number of hydrogen-bond donors (Lipinski definition) is 1. The van der Waals surface area contributed by atoms with Crippen molar-refractivity contribution in [3.63, 3.8) is 0 Å². The molecule has 8 nitrogen and oxygen atoms in total. The summed E-state index contributed by atoms with van der Waals surface area (Å²) in [4.78, 5) is 10.5. The van der Waals surface area contributed by atoms with Crippen molar-refractivity contribution in [2.24, 2.45) is 0 Å². The molecule has 0 amide bonds. The molecule has 8 heteroatoms. The molecular formula is C15H19N5O3. The van der Waals surface area contributed by atoms with Crippen molar-refractivity contribution in [3.8, 4) is 23.1 Å². The fourth-order valence-corrected chi connectivity index (χ4v) is 2.66. The first-order chi connectivity index (χ1) is 11.3. The molecule has 0 saturated carbocycles. The van der Waals surface area contributed by atoms with Gasteiger partial charge in [-0.25, -0.2) is 4.98 Å². The smallest absolute Gasteiger partial charge is 0.319 e. The molecule has 2 aromatic heterocycles. The van der Waals surface area contributed by atoms with Gasteiger partial charge in [0.2, 0.25) is 5.88 Å². The van der Waals surface area contributed by atoms with Crippen LogP contribution in [-0.2, 0) is 6.61 Å². The Labute approximate surface area is 134 Å². The van der Waals surface area contributed by atoms with Crippen molar-refractivity contribution in [1.82, 2.24) is 20.2 Å². The number of aliphatic hydroxyl groups is 1. The molecule has 1 aliphatic heterocycles. The van der Waals surface area contributed by atoms with E-state index in [9.17, 15) is 5.11 Å². The highest BCUT2D eigenvalue weighted by Gasteiger charge is 2.20. The average Bonchev–Trinajstić information content (AvgIpc) is 3.15. The molecule has 3 rings (SSSR count). The lowest BCUT2D eigenvalue weighted by atomic mass is 10.2. The van der Waals surface area contributed by atoms with E-state index in [1.165, 1.54) is 14.2 Å². The Bertz CT molecular complexity index is 689. The summed E-state index contributed by atoms with van der Waals surface area (Å²) >= 11 is 0. The maximum absolute atomic E-state index is 9.51. The molecule has 23 heavy (non-hydrogen) atoms. The third kappa shape index (κ3) is 3.02. The number of hydrogen-bond acceptors (Lipinski definition) is 8. The van der Waals surface area contributed by atoms with E-state index >= 15 is 0 Å². The van der Waals surface area contributed by atoms with E-state index in [0.717, 1.165) is 31.6 Å². The molecule has 0 radical (unpaired) electrons. The minimum Gasteiger partial charge on any atom is -0.480 e. The van der Waals surface area contributed by atoms with Crippen molar-refractivity contribution in [1.29, 1.82) is 0 Å². The van der Waals surface area contributed by atoms with Gasteiger partial charge in [-0.05, 0) is 18.9 Å². The lowest BCUT2D eigenvalue weighted by Crippen LogP contribution is -2.20. The van der Waals surface area contributed by atoms with Crippen LogP contribution < -0.4 is 14.4 Å². The summed E-state index contributed by atoms with van der Waals surface area (Å²) in [6.07, 6.45) is 3.87. The normalized spacial score (nSPS) is 14.1. The predicted molar refractivity (Wildman–Crippen MR) is 83.5 cm³/mol. The summed E-state index contributed by atoms with van der Waals surface area (Å²) in [5.41, 5.74) is 2.70.